The lowest BCUT2D eigenvalue weighted by atomic mass is 10.0. The zero-order valence-electron chi connectivity index (χ0n) is 18.5. The first-order valence-corrected chi connectivity index (χ1v) is 10.6. The normalized spacial score (nSPS) is 14.1. The van der Waals surface area contributed by atoms with Crippen molar-refractivity contribution in [2.75, 3.05) is 18.4 Å². The van der Waals surface area contributed by atoms with Gasteiger partial charge in [-0.15, -0.1) is 24.8 Å². The molecule has 3 aromatic rings. The van der Waals surface area contributed by atoms with Crippen molar-refractivity contribution in [3.8, 4) is 5.75 Å². The van der Waals surface area contributed by atoms with Crippen LogP contribution < -0.4 is 15.8 Å². The highest BCUT2D eigenvalue weighted by atomic mass is 35.5. The number of nitrogens with zero attached hydrogens (tertiary/aromatic N) is 1. The van der Waals surface area contributed by atoms with Gasteiger partial charge < -0.3 is 15.8 Å². The topological polar surface area (TPSA) is 91.4 Å². The predicted molar refractivity (Wildman–Crippen MR) is 139 cm³/mol. The van der Waals surface area contributed by atoms with Crippen molar-refractivity contribution in [2.24, 2.45) is 5.73 Å². The van der Waals surface area contributed by atoms with E-state index in [2.05, 4.69) is 28.4 Å². The number of likely N-dealkylation sites (tertiary alicyclic amines) is 1. The molecule has 0 aromatic heterocycles. The van der Waals surface area contributed by atoms with Gasteiger partial charge in [-0.2, -0.15) is 0 Å². The number of nitrogen functional groups attached to an aromatic ring is 1. The predicted octanol–water partition coefficient (Wildman–Crippen LogP) is 4.97. The Labute approximate surface area is 206 Å². The van der Waals surface area contributed by atoms with Crippen molar-refractivity contribution in [3.05, 3.63) is 71.8 Å². The highest BCUT2D eigenvalue weighted by Crippen LogP contribution is 2.23. The van der Waals surface area contributed by atoms with E-state index in [1.54, 1.807) is 0 Å². The number of fused-ring (bicyclic) bond motifs is 1. The van der Waals surface area contributed by atoms with Crippen molar-refractivity contribution in [1.29, 1.82) is 5.41 Å². The average Bonchev–Trinajstić information content (AvgIpc) is 2.75. The van der Waals surface area contributed by atoms with Crippen molar-refractivity contribution in [3.63, 3.8) is 0 Å². The van der Waals surface area contributed by atoms with E-state index in [9.17, 15) is 4.79 Å². The minimum Gasteiger partial charge on any atom is -0.490 e. The lowest BCUT2D eigenvalue weighted by Gasteiger charge is -2.32. The summed E-state index contributed by atoms with van der Waals surface area (Å²) in [5, 5.41) is 12.7. The first-order chi connectivity index (χ1) is 15.0. The van der Waals surface area contributed by atoms with E-state index < -0.39 is 0 Å². The maximum atomic E-state index is 11.1. The van der Waals surface area contributed by atoms with E-state index in [1.807, 2.05) is 42.5 Å². The molecule has 1 aliphatic heterocycles. The number of nitrogens with two attached hydrogens (primary N) is 1. The lowest BCUT2D eigenvalue weighted by Crippen LogP contribution is -2.37. The average molecular weight is 489 g/mol. The van der Waals surface area contributed by atoms with Crippen molar-refractivity contribution < 1.29 is 9.53 Å². The molecule has 176 valence electrons. The summed E-state index contributed by atoms with van der Waals surface area (Å²) in [5.74, 6) is 0.856. The molecule has 0 spiro atoms. The number of hydrogen-bond acceptors (Lipinski definition) is 4. The molecule has 1 heterocycles. The minimum absolute atomic E-state index is 0. The van der Waals surface area contributed by atoms with Crippen LogP contribution in [0.5, 0.6) is 5.75 Å². The third-order valence-corrected chi connectivity index (χ3v) is 5.63. The van der Waals surface area contributed by atoms with Gasteiger partial charge in [-0.05, 0) is 65.6 Å². The molecule has 33 heavy (non-hydrogen) atoms. The number of anilines is 1. The second-order valence-corrected chi connectivity index (χ2v) is 8.11. The summed E-state index contributed by atoms with van der Waals surface area (Å²) in [4.78, 5) is 13.6. The molecule has 0 unspecified atom stereocenters. The first kappa shape index (κ1) is 26.5. The van der Waals surface area contributed by atoms with Crippen LogP contribution in [0.4, 0.5) is 5.69 Å². The number of carbonyl (C=O) groups excluding carboxylic acids is 1. The molecular formula is C25H30Cl2N4O2. The highest BCUT2D eigenvalue weighted by molar-refractivity contribution is 5.99. The fraction of sp³-hybridized carbons (Fsp3) is 0.280. The van der Waals surface area contributed by atoms with E-state index in [0.717, 1.165) is 60.2 Å². The van der Waals surface area contributed by atoms with Gasteiger partial charge in [-0.1, -0.05) is 24.3 Å². The highest BCUT2D eigenvalue weighted by Gasteiger charge is 2.20. The summed E-state index contributed by atoms with van der Waals surface area (Å²) in [6.45, 7) is 4.37. The molecular weight excluding hydrogens is 459 g/mol. The molecule has 8 heteroatoms. The number of amides is 1. The summed E-state index contributed by atoms with van der Waals surface area (Å²) in [6.07, 6.45) is 2.17. The van der Waals surface area contributed by atoms with Gasteiger partial charge in [0.15, 0.2) is 0 Å². The van der Waals surface area contributed by atoms with Gasteiger partial charge in [0.1, 0.15) is 17.7 Å². The summed E-state index contributed by atoms with van der Waals surface area (Å²) in [6, 6.07) is 19.9. The van der Waals surface area contributed by atoms with Crippen molar-refractivity contribution in [1.82, 2.24) is 4.90 Å². The number of piperidine rings is 1. The Kier molecular flexibility index (Phi) is 9.53. The quantitative estimate of drug-likeness (QED) is 0.337. The Bertz CT molecular complexity index is 1100. The molecule has 0 saturated carbocycles. The first-order valence-electron chi connectivity index (χ1n) is 10.6. The molecule has 3 aromatic carbocycles. The Balaban J connectivity index is 0.00000193. The largest absolute Gasteiger partial charge is 0.490 e. The number of benzene rings is 3. The summed E-state index contributed by atoms with van der Waals surface area (Å²) in [7, 11) is 0. The molecule has 4 rings (SSSR count). The van der Waals surface area contributed by atoms with Crippen LogP contribution in [0.25, 0.3) is 10.8 Å². The molecule has 0 radical (unpaired) electrons. The number of hydrogen-bond donors (Lipinski definition) is 3. The molecule has 1 amide bonds. The zero-order chi connectivity index (χ0) is 21.8. The van der Waals surface area contributed by atoms with Crippen LogP contribution in [-0.4, -0.2) is 35.8 Å². The number of amidine groups is 1. The minimum atomic E-state index is -0.0771. The smallest absolute Gasteiger partial charge is 0.221 e. The van der Waals surface area contributed by atoms with Crippen LogP contribution in [0.3, 0.4) is 0 Å². The van der Waals surface area contributed by atoms with E-state index in [-0.39, 0.29) is 42.7 Å². The van der Waals surface area contributed by atoms with Crippen LogP contribution in [-0.2, 0) is 11.3 Å². The molecule has 0 aliphatic carbocycles. The maximum absolute atomic E-state index is 11.1. The standard InChI is InChI=1S/C25H28N4O2.2ClH/c1-17(30)28-22-6-8-23(9-7-22)31-24-10-12-29(13-11-24)16-18-2-3-19-4-5-20(25(26)27)15-21(19)14-18;;/h2-9,14-15,24H,10-13,16H2,1H3,(H3,26,27)(H,28,30);2*1H. The summed E-state index contributed by atoms with van der Waals surface area (Å²) in [5.41, 5.74) is 8.43. The number of rotatable bonds is 6. The molecule has 0 atom stereocenters. The molecule has 1 aliphatic rings. The molecule has 4 N–H and O–H groups in total. The van der Waals surface area contributed by atoms with Gasteiger partial charge in [-0.25, -0.2) is 0 Å². The second-order valence-electron chi connectivity index (χ2n) is 8.11. The van der Waals surface area contributed by atoms with Gasteiger partial charge in [-0.3, -0.25) is 15.1 Å². The molecule has 1 saturated heterocycles. The van der Waals surface area contributed by atoms with Gasteiger partial charge in [0, 0.05) is 37.8 Å². The van der Waals surface area contributed by atoms with Crippen LogP contribution >= 0.6 is 24.8 Å². The SMILES string of the molecule is CC(=O)Nc1ccc(OC2CCN(Cc3ccc4ccc(C(=N)N)cc4c3)CC2)cc1.Cl.Cl. The summed E-state index contributed by atoms with van der Waals surface area (Å²) >= 11 is 0. The second kappa shape index (κ2) is 11.9. The van der Waals surface area contributed by atoms with E-state index >= 15 is 0 Å². The van der Waals surface area contributed by atoms with Gasteiger partial charge in [0.2, 0.25) is 5.91 Å². The van der Waals surface area contributed by atoms with Gasteiger partial charge >= 0.3 is 0 Å². The number of halogens is 2. The number of nitrogens with one attached hydrogen (secondary N) is 2. The van der Waals surface area contributed by atoms with Crippen LogP contribution in [0.2, 0.25) is 0 Å². The Hall–Kier alpha value is -2.80. The Morgan fingerprint density at radius 2 is 1.70 bits per heavy atom. The van der Waals surface area contributed by atoms with Crippen molar-refractivity contribution >= 4 is 53.0 Å². The Morgan fingerprint density at radius 3 is 2.33 bits per heavy atom. The van der Waals surface area contributed by atoms with E-state index in [4.69, 9.17) is 15.9 Å². The van der Waals surface area contributed by atoms with Crippen LogP contribution in [0.15, 0.2) is 60.7 Å². The van der Waals surface area contributed by atoms with E-state index in [1.165, 1.54) is 12.5 Å². The fourth-order valence-corrected chi connectivity index (χ4v) is 4.02. The Morgan fingerprint density at radius 1 is 1.03 bits per heavy atom. The van der Waals surface area contributed by atoms with Crippen LogP contribution in [0, 0.1) is 5.41 Å². The van der Waals surface area contributed by atoms with Crippen LogP contribution in [0.1, 0.15) is 30.9 Å². The third kappa shape index (κ3) is 7.09. The fourth-order valence-electron chi connectivity index (χ4n) is 4.02. The number of carbonyl (C=O) groups is 1. The van der Waals surface area contributed by atoms with Gasteiger partial charge in [0.25, 0.3) is 0 Å². The maximum Gasteiger partial charge on any atom is 0.221 e. The molecule has 6 nitrogen and oxygen atoms in total. The van der Waals surface area contributed by atoms with Gasteiger partial charge in [0.05, 0.1) is 0 Å². The summed E-state index contributed by atoms with van der Waals surface area (Å²) < 4.78 is 6.14. The van der Waals surface area contributed by atoms with Crippen molar-refractivity contribution in [2.45, 2.75) is 32.4 Å². The van der Waals surface area contributed by atoms with E-state index in [0.29, 0.717) is 0 Å². The molecule has 0 bridgehead atoms. The molecule has 1 fully saturated rings. The number of ether oxygens (including phenoxy) is 1. The zero-order valence-corrected chi connectivity index (χ0v) is 20.2. The lowest BCUT2D eigenvalue weighted by molar-refractivity contribution is -0.114. The monoisotopic (exact) mass is 488 g/mol. The third-order valence-electron chi connectivity index (χ3n) is 5.63.